The summed E-state index contributed by atoms with van der Waals surface area (Å²) in [7, 11) is 0. The van der Waals surface area contributed by atoms with Gasteiger partial charge in [0.2, 0.25) is 0 Å². The highest BCUT2D eigenvalue weighted by molar-refractivity contribution is 6.05. The Balaban J connectivity index is 2.56. The quantitative estimate of drug-likeness (QED) is 0.522. The fraction of sp³-hybridized carbons (Fsp3) is 0.200. The molecule has 0 spiro atoms. The zero-order valence-corrected chi connectivity index (χ0v) is 6.17. The second-order valence-electron chi connectivity index (χ2n) is 2.64. The summed E-state index contributed by atoms with van der Waals surface area (Å²) in [5.74, 6) is 0. The van der Waals surface area contributed by atoms with E-state index in [1.807, 2.05) is 18.2 Å². The third kappa shape index (κ3) is 1.07. The molecule has 0 bridgehead atoms. The molecule has 0 aromatic heterocycles. The highest BCUT2D eigenvalue weighted by Crippen LogP contribution is 2.14. The van der Waals surface area contributed by atoms with E-state index in [1.165, 1.54) is 5.56 Å². The number of benzene rings is 1. The predicted octanol–water partition coefficient (Wildman–Crippen LogP) is 1.62. The van der Waals surface area contributed by atoms with E-state index in [4.69, 9.17) is 6.92 Å². The van der Waals surface area contributed by atoms with Crippen LogP contribution in [0.2, 0.25) is 0 Å². The molecule has 0 amide bonds. The van der Waals surface area contributed by atoms with Crippen molar-refractivity contribution in [1.82, 2.24) is 0 Å². The predicted molar refractivity (Wildman–Crippen MR) is 44.8 cm³/mol. The molecule has 0 saturated carbocycles. The maximum atomic E-state index is 7.50. The highest BCUT2D eigenvalue weighted by atomic mass is 14.7. The molecule has 53 valence electrons. The third-order valence-electron chi connectivity index (χ3n) is 1.92. The van der Waals surface area contributed by atoms with Crippen LogP contribution in [0.25, 0.3) is 0 Å². The van der Waals surface area contributed by atoms with Crippen molar-refractivity contribution in [1.29, 1.82) is 0 Å². The van der Waals surface area contributed by atoms with Crippen LogP contribution < -0.4 is 0 Å². The molecule has 1 aliphatic rings. The molecule has 11 heavy (non-hydrogen) atoms. The summed E-state index contributed by atoms with van der Waals surface area (Å²) in [6.45, 7) is 8.28. The summed E-state index contributed by atoms with van der Waals surface area (Å²) < 4.78 is 0. The van der Waals surface area contributed by atoms with Crippen molar-refractivity contribution >= 4 is 5.71 Å². The van der Waals surface area contributed by atoms with Crippen LogP contribution in [0.15, 0.2) is 29.3 Å². The topological polar surface area (TPSA) is 12.4 Å². The first-order valence-electron chi connectivity index (χ1n) is 3.72. The maximum Gasteiger partial charge on any atom is 0.0522 e. The van der Waals surface area contributed by atoms with Crippen LogP contribution in [0.1, 0.15) is 11.1 Å². The van der Waals surface area contributed by atoms with Gasteiger partial charge in [0.1, 0.15) is 0 Å². The Bertz CT molecular complexity index is 299. The van der Waals surface area contributed by atoms with Crippen molar-refractivity contribution in [3.05, 3.63) is 42.3 Å². The summed E-state index contributed by atoms with van der Waals surface area (Å²) in [4.78, 5) is 4.05. The molecule has 1 aromatic rings. The van der Waals surface area contributed by atoms with Crippen LogP contribution in [0.3, 0.4) is 0 Å². The number of fused-ring (bicyclic) bond motifs is 1. The fourth-order valence-corrected chi connectivity index (χ4v) is 1.34. The number of hydrogen-bond acceptors (Lipinski definition) is 1. The molecule has 0 aliphatic carbocycles. The Morgan fingerprint density at radius 2 is 2.09 bits per heavy atom. The van der Waals surface area contributed by atoms with E-state index in [1.54, 1.807) is 0 Å². The second kappa shape index (κ2) is 2.50. The molecule has 1 heteroatoms. The monoisotopic (exact) mass is 142 g/mol. The van der Waals surface area contributed by atoms with Crippen molar-refractivity contribution in [2.24, 2.45) is 4.99 Å². The molecule has 2 rings (SSSR count). The molecule has 0 saturated heterocycles. The highest BCUT2D eigenvalue weighted by Gasteiger charge is 2.08. The zero-order chi connectivity index (χ0) is 7.68. The SMILES string of the molecule is [C]C1=NCCc2ccccc21. The van der Waals surface area contributed by atoms with E-state index in [0.717, 1.165) is 18.5 Å². The number of aliphatic imine (C=N–C) groups is 1. The Morgan fingerprint density at radius 3 is 2.91 bits per heavy atom. The Kier molecular flexibility index (Phi) is 1.50. The van der Waals surface area contributed by atoms with Crippen LogP contribution in [0, 0.1) is 6.92 Å². The van der Waals surface area contributed by atoms with Gasteiger partial charge in [-0.05, 0) is 17.5 Å². The lowest BCUT2D eigenvalue weighted by Gasteiger charge is -2.12. The lowest BCUT2D eigenvalue weighted by Crippen LogP contribution is -2.09. The van der Waals surface area contributed by atoms with E-state index >= 15 is 0 Å². The van der Waals surface area contributed by atoms with Gasteiger partial charge in [0.15, 0.2) is 0 Å². The van der Waals surface area contributed by atoms with Gasteiger partial charge in [-0.15, -0.1) is 0 Å². The first-order chi connectivity index (χ1) is 5.38. The summed E-state index contributed by atoms with van der Waals surface area (Å²) in [6, 6.07) is 7.99. The second-order valence-corrected chi connectivity index (χ2v) is 2.64. The van der Waals surface area contributed by atoms with Gasteiger partial charge in [-0.1, -0.05) is 24.3 Å². The fourth-order valence-electron chi connectivity index (χ4n) is 1.34. The van der Waals surface area contributed by atoms with Gasteiger partial charge >= 0.3 is 0 Å². The average Bonchev–Trinajstić information content (AvgIpc) is 2.06. The first-order valence-corrected chi connectivity index (χ1v) is 3.72. The van der Waals surface area contributed by atoms with Crippen LogP contribution in [0.5, 0.6) is 0 Å². The molecule has 1 aliphatic heterocycles. The van der Waals surface area contributed by atoms with Gasteiger partial charge in [0, 0.05) is 6.54 Å². The Hall–Kier alpha value is -1.11. The third-order valence-corrected chi connectivity index (χ3v) is 1.92. The van der Waals surface area contributed by atoms with E-state index in [0.29, 0.717) is 5.71 Å². The van der Waals surface area contributed by atoms with E-state index < -0.39 is 0 Å². The first kappa shape index (κ1) is 6.59. The lowest BCUT2D eigenvalue weighted by molar-refractivity contribution is 0.946. The molecule has 0 N–H and O–H groups in total. The van der Waals surface area contributed by atoms with Crippen molar-refractivity contribution in [2.45, 2.75) is 6.42 Å². The smallest absolute Gasteiger partial charge is 0.0522 e. The van der Waals surface area contributed by atoms with Crippen molar-refractivity contribution < 1.29 is 0 Å². The molecule has 3 radical (unpaired) electrons. The van der Waals surface area contributed by atoms with Crippen LogP contribution in [0.4, 0.5) is 0 Å². The van der Waals surface area contributed by atoms with Gasteiger partial charge in [-0.3, -0.25) is 4.99 Å². The van der Waals surface area contributed by atoms with E-state index in [2.05, 4.69) is 11.1 Å². The summed E-state index contributed by atoms with van der Waals surface area (Å²) in [5, 5.41) is 0. The van der Waals surface area contributed by atoms with Crippen molar-refractivity contribution in [2.75, 3.05) is 6.54 Å². The molecule has 1 nitrogen and oxygen atoms in total. The Labute approximate surface area is 66.8 Å². The molecule has 0 unspecified atom stereocenters. The van der Waals surface area contributed by atoms with Crippen LogP contribution in [-0.2, 0) is 6.42 Å². The summed E-state index contributed by atoms with van der Waals surface area (Å²) in [6.07, 6.45) is 0.985. The molecule has 0 atom stereocenters. The molecule has 1 heterocycles. The maximum absolute atomic E-state index is 7.50. The minimum atomic E-state index is 0.437. The van der Waals surface area contributed by atoms with Gasteiger partial charge in [0.05, 0.1) is 12.6 Å². The van der Waals surface area contributed by atoms with Gasteiger partial charge in [0.25, 0.3) is 0 Å². The average molecular weight is 142 g/mol. The van der Waals surface area contributed by atoms with Crippen LogP contribution in [-0.4, -0.2) is 12.3 Å². The van der Waals surface area contributed by atoms with Gasteiger partial charge < -0.3 is 0 Å². The number of nitrogens with zero attached hydrogens (tertiary/aromatic N) is 1. The molecular formula is C10H8N. The van der Waals surface area contributed by atoms with Crippen LogP contribution >= 0.6 is 0 Å². The lowest BCUT2D eigenvalue weighted by atomic mass is 9.99. The molecular weight excluding hydrogens is 134 g/mol. The summed E-state index contributed by atoms with van der Waals surface area (Å²) >= 11 is 0. The molecule has 1 aromatic carbocycles. The zero-order valence-electron chi connectivity index (χ0n) is 6.17. The molecule has 0 fully saturated rings. The standard InChI is InChI=1S/C10H8N/c1-8-10-5-3-2-4-9(10)6-7-11-8/h2-5H,6-7H2. The van der Waals surface area contributed by atoms with Crippen molar-refractivity contribution in [3.63, 3.8) is 0 Å². The normalized spacial score (nSPS) is 15.5. The number of hydrogen-bond donors (Lipinski definition) is 0. The van der Waals surface area contributed by atoms with Crippen molar-refractivity contribution in [3.8, 4) is 0 Å². The van der Waals surface area contributed by atoms with E-state index in [9.17, 15) is 0 Å². The van der Waals surface area contributed by atoms with Gasteiger partial charge in [-0.2, -0.15) is 0 Å². The van der Waals surface area contributed by atoms with E-state index in [-0.39, 0.29) is 0 Å². The summed E-state index contributed by atoms with van der Waals surface area (Å²) in [5.41, 5.74) is 2.69. The number of rotatable bonds is 0. The largest absolute Gasteiger partial charge is 0.288 e. The van der Waals surface area contributed by atoms with Gasteiger partial charge in [-0.25, -0.2) is 0 Å². The minimum Gasteiger partial charge on any atom is -0.288 e. The Morgan fingerprint density at radius 1 is 1.27 bits per heavy atom. The minimum absolute atomic E-state index is 0.437.